The highest BCUT2D eigenvalue weighted by molar-refractivity contribution is 5.57. The van der Waals surface area contributed by atoms with Crippen LogP contribution >= 0.6 is 0 Å². The van der Waals surface area contributed by atoms with Crippen LogP contribution in [0.25, 0.3) is 0 Å². The monoisotopic (exact) mass is 244 g/mol. The molecule has 0 aliphatic rings. The topological polar surface area (TPSA) is 42.7 Å². The molecule has 0 amide bonds. The maximum atomic E-state index is 4.44. The zero-order chi connectivity index (χ0) is 13.3. The highest BCUT2D eigenvalue weighted by Crippen LogP contribution is 2.23. The van der Waals surface area contributed by atoms with Crippen LogP contribution in [0.15, 0.2) is 24.5 Å². The molecule has 4 heteroatoms. The smallest absolute Gasteiger partial charge is 0.130 e. The van der Waals surface area contributed by atoms with E-state index < -0.39 is 0 Å². The van der Waals surface area contributed by atoms with Gasteiger partial charge >= 0.3 is 0 Å². The minimum atomic E-state index is 0.135. The summed E-state index contributed by atoms with van der Waals surface area (Å²) in [4.78, 5) is 4.44. The molecule has 0 unspecified atom stereocenters. The molecule has 0 saturated carbocycles. The minimum Gasteiger partial charge on any atom is -0.337 e. The predicted molar refractivity (Wildman–Crippen MR) is 74.2 cm³/mol. The fourth-order valence-electron chi connectivity index (χ4n) is 1.77. The second-order valence-corrected chi connectivity index (χ2v) is 5.61. The molecule has 4 nitrogen and oxygen atoms in total. The van der Waals surface area contributed by atoms with Crippen molar-refractivity contribution < 1.29 is 0 Å². The summed E-state index contributed by atoms with van der Waals surface area (Å²) in [5.41, 5.74) is 3.33. The minimum absolute atomic E-state index is 0.135. The summed E-state index contributed by atoms with van der Waals surface area (Å²) in [5, 5.41) is 7.57. The van der Waals surface area contributed by atoms with Gasteiger partial charge in [-0.05, 0) is 24.0 Å². The Morgan fingerprint density at radius 1 is 1.22 bits per heavy atom. The van der Waals surface area contributed by atoms with E-state index in [1.54, 1.807) is 4.68 Å². The van der Waals surface area contributed by atoms with Crippen LogP contribution in [-0.4, -0.2) is 14.8 Å². The van der Waals surface area contributed by atoms with Gasteiger partial charge in [0.05, 0.1) is 11.4 Å². The first-order chi connectivity index (χ1) is 8.36. The molecule has 0 atom stereocenters. The Morgan fingerprint density at radius 2 is 1.94 bits per heavy atom. The Kier molecular flexibility index (Phi) is 3.11. The van der Waals surface area contributed by atoms with Gasteiger partial charge in [0, 0.05) is 19.4 Å². The molecule has 0 radical (unpaired) electrons. The van der Waals surface area contributed by atoms with Crippen LogP contribution in [0.3, 0.4) is 0 Å². The summed E-state index contributed by atoms with van der Waals surface area (Å²) in [7, 11) is 1.91. The Morgan fingerprint density at radius 3 is 2.39 bits per heavy atom. The summed E-state index contributed by atoms with van der Waals surface area (Å²) in [6.45, 7) is 8.53. The predicted octanol–water partition coefficient (Wildman–Crippen LogP) is 3.16. The molecule has 18 heavy (non-hydrogen) atoms. The van der Waals surface area contributed by atoms with Gasteiger partial charge in [-0.1, -0.05) is 26.8 Å². The van der Waals surface area contributed by atoms with E-state index in [0.29, 0.717) is 0 Å². The van der Waals surface area contributed by atoms with Crippen LogP contribution in [0, 0.1) is 6.92 Å². The third kappa shape index (κ3) is 2.70. The molecule has 96 valence electrons. The molecule has 0 fully saturated rings. The first-order valence-corrected chi connectivity index (χ1v) is 6.10. The number of rotatable bonds is 2. The number of anilines is 2. The average Bonchev–Trinajstić information content (AvgIpc) is 2.57. The van der Waals surface area contributed by atoms with Crippen molar-refractivity contribution in [1.82, 2.24) is 14.8 Å². The maximum absolute atomic E-state index is 4.44. The number of nitrogens with one attached hydrogen (secondary N) is 1. The maximum Gasteiger partial charge on any atom is 0.130 e. The van der Waals surface area contributed by atoms with Crippen LogP contribution < -0.4 is 5.32 Å². The van der Waals surface area contributed by atoms with Crippen molar-refractivity contribution in [2.45, 2.75) is 33.1 Å². The van der Waals surface area contributed by atoms with E-state index >= 15 is 0 Å². The second-order valence-electron chi connectivity index (χ2n) is 5.61. The lowest BCUT2D eigenvalue weighted by Crippen LogP contribution is -2.11. The van der Waals surface area contributed by atoms with Crippen LogP contribution in [0.4, 0.5) is 11.5 Å². The van der Waals surface area contributed by atoms with Gasteiger partial charge in [-0.25, -0.2) is 4.98 Å². The van der Waals surface area contributed by atoms with Crippen molar-refractivity contribution in [3.05, 3.63) is 35.8 Å². The van der Waals surface area contributed by atoms with Crippen molar-refractivity contribution in [1.29, 1.82) is 0 Å². The molecule has 2 rings (SSSR count). The van der Waals surface area contributed by atoms with Crippen molar-refractivity contribution in [3.63, 3.8) is 0 Å². The molecule has 0 bridgehead atoms. The highest BCUT2D eigenvalue weighted by Gasteiger charge is 2.13. The van der Waals surface area contributed by atoms with Gasteiger partial charge in [0.2, 0.25) is 0 Å². The summed E-state index contributed by atoms with van der Waals surface area (Å²) in [5.74, 6) is 0.846. The van der Waals surface area contributed by atoms with Gasteiger partial charge in [0.15, 0.2) is 0 Å². The number of nitrogens with zero attached hydrogens (tertiary/aromatic N) is 3. The number of hydrogen-bond acceptors (Lipinski definition) is 3. The first-order valence-electron chi connectivity index (χ1n) is 6.10. The quantitative estimate of drug-likeness (QED) is 0.882. The first kappa shape index (κ1) is 12.6. The molecule has 0 aromatic carbocycles. The second kappa shape index (κ2) is 4.44. The normalized spacial score (nSPS) is 11.6. The molecule has 2 aromatic heterocycles. The molecule has 0 saturated heterocycles. The Labute approximate surface area is 108 Å². The van der Waals surface area contributed by atoms with Gasteiger partial charge in [-0.2, -0.15) is 5.10 Å². The fourth-order valence-corrected chi connectivity index (χ4v) is 1.77. The fraction of sp³-hybridized carbons (Fsp3) is 0.429. The number of hydrogen-bond donors (Lipinski definition) is 1. The summed E-state index contributed by atoms with van der Waals surface area (Å²) < 4.78 is 1.79. The Bertz CT molecular complexity index is 532. The molecule has 0 aliphatic carbocycles. The average molecular weight is 244 g/mol. The van der Waals surface area contributed by atoms with E-state index in [2.05, 4.69) is 42.2 Å². The van der Waals surface area contributed by atoms with E-state index in [1.165, 1.54) is 5.56 Å². The van der Waals surface area contributed by atoms with Gasteiger partial charge in [-0.3, -0.25) is 4.68 Å². The van der Waals surface area contributed by atoms with E-state index in [-0.39, 0.29) is 5.41 Å². The zero-order valence-electron chi connectivity index (χ0n) is 11.7. The van der Waals surface area contributed by atoms with Crippen molar-refractivity contribution in [2.24, 2.45) is 7.05 Å². The highest BCUT2D eigenvalue weighted by atomic mass is 15.3. The Hall–Kier alpha value is -1.84. The summed E-state index contributed by atoms with van der Waals surface area (Å²) in [6.07, 6.45) is 3.88. The largest absolute Gasteiger partial charge is 0.337 e. The van der Waals surface area contributed by atoms with Crippen molar-refractivity contribution >= 4 is 11.5 Å². The van der Waals surface area contributed by atoms with Gasteiger partial charge in [0.25, 0.3) is 0 Å². The number of pyridine rings is 1. The van der Waals surface area contributed by atoms with Crippen LogP contribution in [0.1, 0.15) is 32.0 Å². The SMILES string of the molecule is Cc1nn(C)cc1Nc1ccc(C(C)(C)C)cn1. The van der Waals surface area contributed by atoms with E-state index in [0.717, 1.165) is 17.2 Å². The van der Waals surface area contributed by atoms with E-state index in [4.69, 9.17) is 0 Å². The van der Waals surface area contributed by atoms with Crippen LogP contribution in [0.2, 0.25) is 0 Å². The lowest BCUT2D eigenvalue weighted by atomic mass is 9.88. The van der Waals surface area contributed by atoms with Gasteiger partial charge in [0.1, 0.15) is 5.82 Å². The molecule has 2 aromatic rings. The van der Waals surface area contributed by atoms with Gasteiger partial charge < -0.3 is 5.32 Å². The molecular formula is C14H20N4. The molecule has 1 N–H and O–H groups in total. The lowest BCUT2D eigenvalue weighted by Gasteiger charge is -2.18. The lowest BCUT2D eigenvalue weighted by molar-refractivity contribution is 0.587. The van der Waals surface area contributed by atoms with Crippen molar-refractivity contribution in [2.75, 3.05) is 5.32 Å². The van der Waals surface area contributed by atoms with Gasteiger partial charge in [-0.15, -0.1) is 0 Å². The summed E-state index contributed by atoms with van der Waals surface area (Å²) >= 11 is 0. The molecular weight excluding hydrogens is 224 g/mol. The van der Waals surface area contributed by atoms with Crippen molar-refractivity contribution in [3.8, 4) is 0 Å². The molecule has 2 heterocycles. The Balaban J connectivity index is 2.18. The molecule has 0 spiro atoms. The van der Waals surface area contributed by atoms with E-state index in [1.807, 2.05) is 32.4 Å². The third-order valence-corrected chi connectivity index (χ3v) is 2.91. The molecule has 0 aliphatic heterocycles. The third-order valence-electron chi connectivity index (χ3n) is 2.91. The van der Waals surface area contributed by atoms with Crippen LogP contribution in [-0.2, 0) is 12.5 Å². The number of aromatic nitrogens is 3. The number of aryl methyl sites for hydroxylation is 2. The van der Waals surface area contributed by atoms with Crippen LogP contribution in [0.5, 0.6) is 0 Å². The standard InChI is InChI=1S/C14H20N4/c1-10-12(9-18(5)17-10)16-13-7-6-11(8-15-13)14(2,3)4/h6-9H,1-5H3,(H,15,16). The zero-order valence-corrected chi connectivity index (χ0v) is 11.7. The summed E-state index contributed by atoms with van der Waals surface area (Å²) in [6, 6.07) is 4.12. The van der Waals surface area contributed by atoms with E-state index in [9.17, 15) is 0 Å².